The van der Waals surface area contributed by atoms with Gasteiger partial charge in [-0.05, 0) is 74.2 Å². The van der Waals surface area contributed by atoms with Crippen LogP contribution < -0.4 is 16.4 Å². The molecule has 0 atom stereocenters. The predicted molar refractivity (Wildman–Crippen MR) is 110 cm³/mol. The van der Waals surface area contributed by atoms with Crippen molar-refractivity contribution in [1.82, 2.24) is 10.3 Å². The molecule has 0 spiro atoms. The van der Waals surface area contributed by atoms with Crippen molar-refractivity contribution in [3.8, 4) is 11.1 Å². The first-order valence-electron chi connectivity index (χ1n) is 9.51. The highest BCUT2D eigenvalue weighted by molar-refractivity contribution is 5.98. The number of nitrogens with zero attached hydrogens (tertiary/aromatic N) is 1. The van der Waals surface area contributed by atoms with Crippen molar-refractivity contribution < 1.29 is 4.39 Å². The van der Waals surface area contributed by atoms with Crippen LogP contribution in [-0.4, -0.2) is 24.6 Å². The summed E-state index contributed by atoms with van der Waals surface area (Å²) in [6, 6.07) is 11.1. The fraction of sp³-hybridized carbons (Fsp3) is 0.318. The highest BCUT2D eigenvalue weighted by Crippen LogP contribution is 2.34. The van der Waals surface area contributed by atoms with E-state index in [1.54, 1.807) is 12.3 Å². The van der Waals surface area contributed by atoms with Gasteiger partial charge in [0.25, 0.3) is 0 Å². The molecule has 140 valence electrons. The lowest BCUT2D eigenvalue weighted by Crippen LogP contribution is -2.31. The molecule has 0 unspecified atom stereocenters. The van der Waals surface area contributed by atoms with E-state index in [-0.39, 0.29) is 5.82 Å². The first kappa shape index (κ1) is 17.7. The lowest BCUT2D eigenvalue weighted by molar-refractivity contribution is 0.390. The van der Waals surface area contributed by atoms with Crippen molar-refractivity contribution in [2.24, 2.45) is 5.92 Å². The second-order valence-corrected chi connectivity index (χ2v) is 7.36. The largest absolute Gasteiger partial charge is 0.384 e. The normalized spacial score (nSPS) is 15.2. The molecule has 4 N–H and O–H groups in total. The van der Waals surface area contributed by atoms with Crippen molar-refractivity contribution in [3.63, 3.8) is 0 Å². The summed E-state index contributed by atoms with van der Waals surface area (Å²) in [5.41, 5.74) is 9.32. The number of benzene rings is 2. The van der Waals surface area contributed by atoms with E-state index in [1.165, 1.54) is 18.9 Å². The minimum atomic E-state index is -0.206. The van der Waals surface area contributed by atoms with Crippen LogP contribution in [0.3, 0.4) is 0 Å². The Hall–Kier alpha value is -2.66. The molecule has 0 radical (unpaired) electrons. The third kappa shape index (κ3) is 3.74. The number of aromatic nitrogens is 1. The number of nitrogen functional groups attached to an aromatic ring is 1. The van der Waals surface area contributed by atoms with Gasteiger partial charge < -0.3 is 16.4 Å². The summed E-state index contributed by atoms with van der Waals surface area (Å²) >= 11 is 0. The van der Waals surface area contributed by atoms with Gasteiger partial charge in [-0.2, -0.15) is 0 Å². The number of pyridine rings is 1. The van der Waals surface area contributed by atoms with Gasteiger partial charge in [-0.3, -0.25) is 0 Å². The smallest absolute Gasteiger partial charge is 0.131 e. The summed E-state index contributed by atoms with van der Waals surface area (Å²) in [5.74, 6) is 0.920. The molecule has 4 nitrogen and oxygen atoms in total. The number of rotatable bonds is 4. The third-order valence-corrected chi connectivity index (χ3v) is 5.41. The number of hydrogen-bond acceptors (Lipinski definition) is 4. The third-order valence-electron chi connectivity index (χ3n) is 5.41. The minimum Gasteiger partial charge on any atom is -0.384 e. The molecular weight excluding hydrogens is 339 g/mol. The summed E-state index contributed by atoms with van der Waals surface area (Å²) in [6.45, 7) is 4.97. The summed E-state index contributed by atoms with van der Waals surface area (Å²) in [7, 11) is 0. The maximum atomic E-state index is 14.5. The zero-order chi connectivity index (χ0) is 18.8. The lowest BCUT2D eigenvalue weighted by Gasteiger charge is -2.24. The number of aryl methyl sites for hydroxylation is 1. The topological polar surface area (TPSA) is 63.0 Å². The molecule has 5 heteroatoms. The molecule has 3 aromatic rings. The van der Waals surface area contributed by atoms with E-state index in [2.05, 4.69) is 15.6 Å². The Labute approximate surface area is 159 Å². The Kier molecular flexibility index (Phi) is 4.94. The number of hydrogen-bond donors (Lipinski definition) is 3. The number of nitrogens with one attached hydrogen (secondary N) is 2. The predicted octanol–water partition coefficient (Wildman–Crippen LogP) is 4.34. The highest BCUT2D eigenvalue weighted by Gasteiger charge is 2.15. The summed E-state index contributed by atoms with van der Waals surface area (Å²) < 4.78 is 14.5. The van der Waals surface area contributed by atoms with Crippen molar-refractivity contribution in [3.05, 3.63) is 54.0 Å². The Morgan fingerprint density at radius 2 is 2.04 bits per heavy atom. The Morgan fingerprint density at radius 3 is 2.81 bits per heavy atom. The molecule has 27 heavy (non-hydrogen) atoms. The van der Waals surface area contributed by atoms with Crippen LogP contribution in [0.15, 0.2) is 42.6 Å². The molecule has 0 aliphatic carbocycles. The van der Waals surface area contributed by atoms with E-state index >= 15 is 0 Å². The number of piperidine rings is 1. The second kappa shape index (κ2) is 7.53. The summed E-state index contributed by atoms with van der Waals surface area (Å²) in [5, 5.41) is 8.98. The molecule has 1 aliphatic rings. The van der Waals surface area contributed by atoms with E-state index in [4.69, 9.17) is 5.73 Å². The SMILES string of the molecule is Cc1cccc(F)c1-c1cc(NCC2CCNCC2)c2cc(N)ncc2c1. The molecule has 2 aromatic carbocycles. The van der Waals surface area contributed by atoms with Gasteiger partial charge in [0.1, 0.15) is 11.6 Å². The molecule has 1 aromatic heterocycles. The van der Waals surface area contributed by atoms with Crippen LogP contribution in [0.2, 0.25) is 0 Å². The van der Waals surface area contributed by atoms with E-state index in [0.29, 0.717) is 17.3 Å². The second-order valence-electron chi connectivity index (χ2n) is 7.36. The first-order valence-corrected chi connectivity index (χ1v) is 9.51. The van der Waals surface area contributed by atoms with Gasteiger partial charge in [0.2, 0.25) is 0 Å². The number of halogens is 1. The maximum absolute atomic E-state index is 14.5. The molecule has 1 fully saturated rings. The standard InChI is InChI=1S/C22H25FN4/c1-14-3-2-4-19(23)22(14)16-9-17-13-27-21(24)11-18(17)20(10-16)26-12-15-5-7-25-8-6-15/h2-4,9-11,13,15,25-26H,5-8,12H2,1H3,(H2,24,27). The molecule has 2 heterocycles. The Bertz CT molecular complexity index is 944. The van der Waals surface area contributed by atoms with Crippen LogP contribution in [0, 0.1) is 18.7 Å². The molecule has 1 saturated heterocycles. The van der Waals surface area contributed by atoms with E-state index in [1.807, 2.05) is 31.2 Å². The Balaban J connectivity index is 1.76. The van der Waals surface area contributed by atoms with Gasteiger partial charge in [0.05, 0.1) is 0 Å². The zero-order valence-corrected chi connectivity index (χ0v) is 15.6. The van der Waals surface area contributed by atoms with Gasteiger partial charge in [0, 0.05) is 34.8 Å². The number of anilines is 2. The van der Waals surface area contributed by atoms with Gasteiger partial charge in [-0.1, -0.05) is 12.1 Å². The highest BCUT2D eigenvalue weighted by atomic mass is 19.1. The Morgan fingerprint density at radius 1 is 1.22 bits per heavy atom. The molecular formula is C22H25FN4. The molecule has 0 bridgehead atoms. The van der Waals surface area contributed by atoms with Crippen molar-refractivity contribution in [2.75, 3.05) is 30.7 Å². The summed E-state index contributed by atoms with van der Waals surface area (Å²) in [6.07, 6.45) is 4.10. The van der Waals surface area contributed by atoms with E-state index < -0.39 is 0 Å². The van der Waals surface area contributed by atoms with Crippen molar-refractivity contribution in [2.45, 2.75) is 19.8 Å². The lowest BCUT2D eigenvalue weighted by atomic mass is 9.95. The zero-order valence-electron chi connectivity index (χ0n) is 15.6. The maximum Gasteiger partial charge on any atom is 0.131 e. The monoisotopic (exact) mass is 364 g/mol. The molecule has 0 amide bonds. The fourth-order valence-electron chi connectivity index (χ4n) is 3.90. The van der Waals surface area contributed by atoms with Crippen LogP contribution in [0.1, 0.15) is 18.4 Å². The van der Waals surface area contributed by atoms with E-state index in [0.717, 1.165) is 47.2 Å². The molecule has 1 aliphatic heterocycles. The van der Waals surface area contributed by atoms with Crippen LogP contribution in [0.5, 0.6) is 0 Å². The first-order chi connectivity index (χ1) is 13.1. The fourth-order valence-corrected chi connectivity index (χ4v) is 3.90. The average molecular weight is 364 g/mol. The van der Waals surface area contributed by atoms with Crippen LogP contribution >= 0.6 is 0 Å². The van der Waals surface area contributed by atoms with Crippen molar-refractivity contribution in [1.29, 1.82) is 0 Å². The molecule has 4 rings (SSSR count). The number of fused-ring (bicyclic) bond motifs is 1. The van der Waals surface area contributed by atoms with Gasteiger partial charge in [0.15, 0.2) is 0 Å². The number of nitrogens with two attached hydrogens (primary N) is 1. The average Bonchev–Trinajstić information content (AvgIpc) is 2.67. The van der Waals surface area contributed by atoms with Crippen LogP contribution in [0.25, 0.3) is 21.9 Å². The van der Waals surface area contributed by atoms with Gasteiger partial charge >= 0.3 is 0 Å². The van der Waals surface area contributed by atoms with Crippen LogP contribution in [0.4, 0.5) is 15.9 Å². The molecule has 0 saturated carbocycles. The quantitative estimate of drug-likeness (QED) is 0.644. The van der Waals surface area contributed by atoms with Crippen molar-refractivity contribution >= 4 is 22.3 Å². The minimum absolute atomic E-state index is 0.206. The van der Waals surface area contributed by atoms with E-state index in [9.17, 15) is 4.39 Å². The van der Waals surface area contributed by atoms with Gasteiger partial charge in [-0.15, -0.1) is 0 Å². The van der Waals surface area contributed by atoms with Gasteiger partial charge in [-0.25, -0.2) is 9.37 Å². The summed E-state index contributed by atoms with van der Waals surface area (Å²) in [4.78, 5) is 4.23. The van der Waals surface area contributed by atoms with Crippen LogP contribution in [-0.2, 0) is 0 Å².